The number of likely N-dealkylation sites (tertiary alicyclic amines) is 1. The van der Waals surface area contributed by atoms with E-state index in [1.54, 1.807) is 0 Å². The predicted octanol–water partition coefficient (Wildman–Crippen LogP) is 3.29. The molecule has 0 bridgehead atoms. The molecule has 0 spiro atoms. The lowest BCUT2D eigenvalue weighted by Gasteiger charge is -2.29. The number of hydrogen-bond donors (Lipinski definition) is 0. The van der Waals surface area contributed by atoms with Gasteiger partial charge in [0.15, 0.2) is 0 Å². The van der Waals surface area contributed by atoms with E-state index in [0.717, 1.165) is 24.8 Å². The van der Waals surface area contributed by atoms with Gasteiger partial charge in [0.25, 0.3) is 0 Å². The van der Waals surface area contributed by atoms with Crippen molar-refractivity contribution in [1.29, 1.82) is 0 Å². The molecule has 2 aliphatic rings. The van der Waals surface area contributed by atoms with Gasteiger partial charge in [-0.1, -0.05) is 13.0 Å². The van der Waals surface area contributed by atoms with Crippen LogP contribution in [0.2, 0.25) is 0 Å². The Labute approximate surface area is 116 Å². The van der Waals surface area contributed by atoms with E-state index >= 15 is 0 Å². The number of benzene rings is 1. The molecular weight excluding hydrogens is 234 g/mol. The molecule has 0 N–H and O–H groups in total. The van der Waals surface area contributed by atoms with Crippen LogP contribution in [0.1, 0.15) is 37.3 Å². The fourth-order valence-corrected chi connectivity index (χ4v) is 3.22. The van der Waals surface area contributed by atoms with Gasteiger partial charge in [0.1, 0.15) is 12.4 Å². The Hall–Kier alpha value is -1.02. The highest BCUT2D eigenvalue weighted by Gasteiger charge is 2.15. The number of fused-ring (bicyclic) bond motifs is 1. The molecule has 0 unspecified atom stereocenters. The van der Waals surface area contributed by atoms with E-state index in [1.165, 1.54) is 56.3 Å². The zero-order chi connectivity index (χ0) is 13.1. The van der Waals surface area contributed by atoms with Gasteiger partial charge in [0.2, 0.25) is 0 Å². The second kappa shape index (κ2) is 5.96. The van der Waals surface area contributed by atoms with Crippen LogP contribution in [0.25, 0.3) is 0 Å². The first-order chi connectivity index (χ1) is 9.31. The van der Waals surface area contributed by atoms with Crippen molar-refractivity contribution in [3.8, 4) is 5.75 Å². The van der Waals surface area contributed by atoms with Gasteiger partial charge in [-0.25, -0.2) is 0 Å². The summed E-state index contributed by atoms with van der Waals surface area (Å²) < 4.78 is 5.92. The van der Waals surface area contributed by atoms with Crippen molar-refractivity contribution in [2.45, 2.75) is 39.0 Å². The maximum absolute atomic E-state index is 5.92. The Kier molecular flexibility index (Phi) is 4.07. The van der Waals surface area contributed by atoms with Gasteiger partial charge in [0, 0.05) is 6.54 Å². The van der Waals surface area contributed by atoms with E-state index in [0.29, 0.717) is 0 Å². The molecule has 1 heterocycles. The normalized spacial score (nSPS) is 20.5. The lowest BCUT2D eigenvalue weighted by Crippen LogP contribution is -2.35. The summed E-state index contributed by atoms with van der Waals surface area (Å²) in [6.45, 7) is 6.75. The Morgan fingerprint density at radius 2 is 1.95 bits per heavy atom. The zero-order valence-electron chi connectivity index (χ0n) is 12.0. The van der Waals surface area contributed by atoms with Crippen LogP contribution >= 0.6 is 0 Å². The average Bonchev–Trinajstić information content (AvgIpc) is 2.88. The molecule has 0 amide bonds. The minimum atomic E-state index is 0.827. The predicted molar refractivity (Wildman–Crippen MR) is 78.8 cm³/mol. The smallest absolute Gasteiger partial charge is 0.119 e. The van der Waals surface area contributed by atoms with Crippen LogP contribution in [0.15, 0.2) is 18.2 Å². The fourth-order valence-electron chi connectivity index (χ4n) is 3.22. The number of rotatable bonds is 4. The molecule has 0 saturated carbocycles. The molecule has 2 nitrogen and oxygen atoms in total. The molecule has 0 radical (unpaired) electrons. The first-order valence-electron chi connectivity index (χ1n) is 7.78. The molecule has 1 aliphatic carbocycles. The summed E-state index contributed by atoms with van der Waals surface area (Å²) >= 11 is 0. The van der Waals surface area contributed by atoms with Crippen molar-refractivity contribution in [3.63, 3.8) is 0 Å². The highest BCUT2D eigenvalue weighted by molar-refractivity contribution is 5.38. The summed E-state index contributed by atoms with van der Waals surface area (Å²) in [4.78, 5) is 2.54. The summed E-state index contributed by atoms with van der Waals surface area (Å²) in [5.41, 5.74) is 3.03. The Balaban J connectivity index is 1.45. The second-order valence-corrected chi connectivity index (χ2v) is 6.16. The summed E-state index contributed by atoms with van der Waals surface area (Å²) in [6, 6.07) is 6.64. The average molecular weight is 259 g/mol. The van der Waals surface area contributed by atoms with Crippen LogP contribution in [0.3, 0.4) is 0 Å². The van der Waals surface area contributed by atoms with Gasteiger partial charge in [0.05, 0.1) is 0 Å². The van der Waals surface area contributed by atoms with Gasteiger partial charge in [-0.05, 0) is 74.4 Å². The lowest BCUT2D eigenvalue weighted by atomic mass is 9.99. The highest BCUT2D eigenvalue weighted by atomic mass is 16.5. The van der Waals surface area contributed by atoms with Gasteiger partial charge < -0.3 is 4.74 Å². The van der Waals surface area contributed by atoms with Crippen LogP contribution in [-0.4, -0.2) is 31.1 Å². The molecule has 104 valence electrons. The third-order valence-corrected chi connectivity index (χ3v) is 4.62. The number of hydrogen-bond acceptors (Lipinski definition) is 2. The van der Waals surface area contributed by atoms with E-state index in [9.17, 15) is 0 Å². The van der Waals surface area contributed by atoms with E-state index in [1.807, 2.05) is 0 Å². The summed E-state index contributed by atoms with van der Waals surface area (Å²) in [5, 5.41) is 0. The zero-order valence-corrected chi connectivity index (χ0v) is 12.0. The Morgan fingerprint density at radius 3 is 2.79 bits per heavy atom. The van der Waals surface area contributed by atoms with E-state index in [4.69, 9.17) is 4.74 Å². The minimum absolute atomic E-state index is 0.827. The monoisotopic (exact) mass is 259 g/mol. The number of nitrogens with zero attached hydrogens (tertiary/aromatic N) is 1. The van der Waals surface area contributed by atoms with Gasteiger partial charge >= 0.3 is 0 Å². The molecule has 1 aliphatic heterocycles. The summed E-state index contributed by atoms with van der Waals surface area (Å²) in [7, 11) is 0. The Bertz CT molecular complexity index is 421. The summed E-state index contributed by atoms with van der Waals surface area (Å²) in [5.74, 6) is 1.97. The molecule has 1 saturated heterocycles. The molecule has 2 heteroatoms. The minimum Gasteiger partial charge on any atom is -0.492 e. The number of piperidine rings is 1. The molecule has 19 heavy (non-hydrogen) atoms. The van der Waals surface area contributed by atoms with Gasteiger partial charge in [-0.3, -0.25) is 4.90 Å². The topological polar surface area (TPSA) is 12.5 Å². The van der Waals surface area contributed by atoms with Crippen LogP contribution < -0.4 is 4.74 Å². The standard InChI is InChI=1S/C17H25NO/c1-14-7-9-18(10-8-14)11-12-19-17-6-5-15-3-2-4-16(15)13-17/h5-6,13-14H,2-4,7-12H2,1H3. The lowest BCUT2D eigenvalue weighted by molar-refractivity contribution is 0.160. The molecule has 0 aromatic heterocycles. The van der Waals surface area contributed by atoms with E-state index < -0.39 is 0 Å². The van der Waals surface area contributed by atoms with Crippen molar-refractivity contribution in [1.82, 2.24) is 4.90 Å². The van der Waals surface area contributed by atoms with Gasteiger partial charge in [-0.15, -0.1) is 0 Å². The van der Waals surface area contributed by atoms with E-state index in [2.05, 4.69) is 30.0 Å². The van der Waals surface area contributed by atoms with Gasteiger partial charge in [-0.2, -0.15) is 0 Å². The maximum atomic E-state index is 5.92. The maximum Gasteiger partial charge on any atom is 0.119 e. The quantitative estimate of drug-likeness (QED) is 0.822. The SMILES string of the molecule is CC1CCN(CCOc2ccc3c(c2)CCC3)CC1. The molecule has 0 atom stereocenters. The third-order valence-electron chi connectivity index (χ3n) is 4.62. The highest BCUT2D eigenvalue weighted by Crippen LogP contribution is 2.26. The van der Waals surface area contributed by atoms with Crippen LogP contribution in [0.5, 0.6) is 5.75 Å². The first kappa shape index (κ1) is 13.0. The Morgan fingerprint density at radius 1 is 1.16 bits per heavy atom. The molecule has 3 rings (SSSR count). The van der Waals surface area contributed by atoms with Crippen molar-refractivity contribution < 1.29 is 4.74 Å². The number of ether oxygens (including phenoxy) is 1. The third kappa shape index (κ3) is 3.30. The van der Waals surface area contributed by atoms with Crippen LogP contribution in [0, 0.1) is 5.92 Å². The summed E-state index contributed by atoms with van der Waals surface area (Å²) in [6.07, 6.45) is 6.49. The van der Waals surface area contributed by atoms with E-state index in [-0.39, 0.29) is 0 Å². The second-order valence-electron chi connectivity index (χ2n) is 6.16. The fraction of sp³-hybridized carbons (Fsp3) is 0.647. The number of aryl methyl sites for hydroxylation is 2. The van der Waals surface area contributed by atoms with Crippen LogP contribution in [0.4, 0.5) is 0 Å². The molecular formula is C17H25NO. The van der Waals surface area contributed by atoms with Crippen molar-refractivity contribution in [2.24, 2.45) is 5.92 Å². The molecule has 1 aromatic rings. The van der Waals surface area contributed by atoms with Crippen LogP contribution in [-0.2, 0) is 12.8 Å². The van der Waals surface area contributed by atoms with Crippen molar-refractivity contribution in [2.75, 3.05) is 26.2 Å². The first-order valence-corrected chi connectivity index (χ1v) is 7.78. The molecule has 1 aromatic carbocycles. The molecule has 1 fully saturated rings. The largest absolute Gasteiger partial charge is 0.492 e. The van der Waals surface area contributed by atoms with Crippen molar-refractivity contribution in [3.05, 3.63) is 29.3 Å². The van der Waals surface area contributed by atoms with Crippen molar-refractivity contribution >= 4 is 0 Å².